The fraction of sp³-hybridized carbons (Fsp3) is 0.857. The van der Waals surface area contributed by atoms with Gasteiger partial charge < -0.3 is 40.0 Å². The van der Waals surface area contributed by atoms with Crippen molar-refractivity contribution in [3.8, 4) is 0 Å². The monoisotopic (exact) mass is 572 g/mol. The van der Waals surface area contributed by atoms with Gasteiger partial charge in [0.25, 0.3) is 0 Å². The van der Waals surface area contributed by atoms with Crippen LogP contribution in [0.1, 0.15) is 53.4 Å². The van der Waals surface area contributed by atoms with Gasteiger partial charge in [-0.1, -0.05) is 27.7 Å². The summed E-state index contributed by atoms with van der Waals surface area (Å²) < 4.78 is 0. The summed E-state index contributed by atoms with van der Waals surface area (Å²) >= 11 is 0. The number of hydrogen-bond donors (Lipinski definition) is 4. The maximum absolute atomic E-state index is 13.3. The first kappa shape index (κ1) is 35.7. The molecule has 4 atom stereocenters. The second-order valence-corrected chi connectivity index (χ2v) is 11.0. The molecule has 0 radical (unpaired) electrons. The van der Waals surface area contributed by atoms with E-state index in [1.807, 2.05) is 0 Å². The van der Waals surface area contributed by atoms with Crippen molar-refractivity contribution in [1.29, 1.82) is 0 Å². The minimum absolute atomic E-state index is 0.133. The van der Waals surface area contributed by atoms with Crippen molar-refractivity contribution in [2.45, 2.75) is 53.4 Å². The van der Waals surface area contributed by atoms with Crippen LogP contribution in [-0.4, -0.2) is 142 Å². The zero-order chi connectivity index (χ0) is 30.2. The predicted octanol–water partition coefficient (Wildman–Crippen LogP) is -0.612. The van der Waals surface area contributed by atoms with Crippen LogP contribution >= 0.6 is 0 Å². The van der Waals surface area contributed by atoms with Gasteiger partial charge in [-0.05, 0) is 25.7 Å². The van der Waals surface area contributed by atoms with Gasteiger partial charge in [0.05, 0.1) is 0 Å². The van der Waals surface area contributed by atoms with Gasteiger partial charge in [0.1, 0.15) is 0 Å². The molecule has 0 spiro atoms. The van der Waals surface area contributed by atoms with Crippen LogP contribution in [0.25, 0.3) is 0 Å². The normalized spacial score (nSPS) is 18.8. The molecule has 40 heavy (non-hydrogen) atoms. The molecule has 0 aromatic rings. The fourth-order valence-electron chi connectivity index (χ4n) is 4.81. The molecule has 1 aliphatic rings. The molecule has 1 saturated heterocycles. The van der Waals surface area contributed by atoms with E-state index < -0.39 is 23.7 Å². The number of aliphatic hydroxyl groups is 4. The summed E-state index contributed by atoms with van der Waals surface area (Å²) in [5.41, 5.74) is 0. The molecule has 4 unspecified atom stereocenters. The molecule has 1 rings (SSSR count). The molecule has 0 saturated carbocycles. The van der Waals surface area contributed by atoms with E-state index in [9.17, 15) is 39.6 Å². The first-order chi connectivity index (χ1) is 19.0. The topological polar surface area (TPSA) is 162 Å². The number of carbonyl (C=O) groups is 4. The van der Waals surface area contributed by atoms with E-state index in [2.05, 4.69) is 0 Å². The zero-order valence-electron chi connectivity index (χ0n) is 24.8. The molecule has 1 aliphatic heterocycles. The Morgan fingerprint density at radius 3 is 0.700 bits per heavy atom. The van der Waals surface area contributed by atoms with Gasteiger partial charge in [0, 0.05) is 102 Å². The highest BCUT2D eigenvalue weighted by Crippen LogP contribution is 2.15. The quantitative estimate of drug-likeness (QED) is 0.241. The predicted molar refractivity (Wildman–Crippen MR) is 150 cm³/mol. The molecule has 12 heteroatoms. The summed E-state index contributed by atoms with van der Waals surface area (Å²) in [4.78, 5) is 59.6. The lowest BCUT2D eigenvalue weighted by Gasteiger charge is -2.37. The Bertz CT molecular complexity index is 654. The van der Waals surface area contributed by atoms with E-state index in [4.69, 9.17) is 0 Å². The summed E-state index contributed by atoms with van der Waals surface area (Å²) in [6.07, 6.45) is 1.19. The number of carbonyl (C=O) groups excluding carboxylic acids is 4. The molecule has 4 N–H and O–H groups in total. The lowest BCUT2D eigenvalue weighted by Crippen LogP contribution is -2.52. The number of nitrogens with zero attached hydrogens (tertiary/aromatic N) is 4. The van der Waals surface area contributed by atoms with E-state index in [1.54, 1.807) is 47.3 Å². The van der Waals surface area contributed by atoms with Crippen molar-refractivity contribution < 1.29 is 39.6 Å². The molecule has 0 aliphatic carbocycles. The van der Waals surface area contributed by atoms with Crippen molar-refractivity contribution in [2.75, 3.05) is 78.8 Å². The molecule has 4 amide bonds. The second-order valence-electron chi connectivity index (χ2n) is 11.0. The van der Waals surface area contributed by atoms with Gasteiger partial charge in [-0.15, -0.1) is 0 Å². The molecular formula is C28H52N4O8. The van der Waals surface area contributed by atoms with Crippen LogP contribution < -0.4 is 0 Å². The molecule has 232 valence electrons. The van der Waals surface area contributed by atoms with Crippen LogP contribution in [0.3, 0.4) is 0 Å². The molecule has 0 bridgehead atoms. The van der Waals surface area contributed by atoms with Crippen molar-refractivity contribution in [3.63, 3.8) is 0 Å². The van der Waals surface area contributed by atoms with E-state index in [1.165, 1.54) is 0 Å². The van der Waals surface area contributed by atoms with Crippen LogP contribution in [0.2, 0.25) is 0 Å². The lowest BCUT2D eigenvalue weighted by molar-refractivity contribution is -0.144. The van der Waals surface area contributed by atoms with Crippen LogP contribution in [0, 0.1) is 23.7 Å². The third-order valence-corrected chi connectivity index (χ3v) is 7.74. The largest absolute Gasteiger partial charge is 0.396 e. The Hall–Kier alpha value is -2.28. The fourth-order valence-corrected chi connectivity index (χ4v) is 4.81. The van der Waals surface area contributed by atoms with E-state index in [0.29, 0.717) is 25.7 Å². The molecule has 0 aromatic carbocycles. The van der Waals surface area contributed by atoms with Crippen molar-refractivity contribution in [2.24, 2.45) is 23.7 Å². The lowest BCUT2D eigenvalue weighted by atomic mass is 10.0. The molecule has 0 aromatic heterocycles. The third-order valence-electron chi connectivity index (χ3n) is 7.74. The van der Waals surface area contributed by atoms with Gasteiger partial charge in [-0.2, -0.15) is 0 Å². The summed E-state index contributed by atoms with van der Waals surface area (Å²) in [5.74, 6) is -2.44. The Labute approximate surface area is 238 Å². The number of rotatable bonds is 12. The van der Waals surface area contributed by atoms with Crippen molar-refractivity contribution in [1.82, 2.24) is 19.6 Å². The Morgan fingerprint density at radius 1 is 0.425 bits per heavy atom. The SMILES string of the molecule is CC(CCO)C(=O)N1CCN(C(=O)C(C)CCO)CCN(C(=O)C(C)CCO)CCN(C(=O)C(C)CCO)CC1. The Morgan fingerprint density at radius 2 is 0.575 bits per heavy atom. The maximum atomic E-state index is 13.3. The number of hydrogen-bond acceptors (Lipinski definition) is 8. The smallest absolute Gasteiger partial charge is 0.225 e. The summed E-state index contributed by atoms with van der Waals surface area (Å²) in [6.45, 7) is 8.17. The van der Waals surface area contributed by atoms with Gasteiger partial charge in [-0.3, -0.25) is 19.2 Å². The minimum Gasteiger partial charge on any atom is -0.396 e. The Kier molecular flexibility index (Phi) is 16.9. The standard InChI is InChI=1S/C28H52N4O8/c1-21(5-17-33)25(37)29-9-11-30(26(38)22(2)6-18-34)13-15-32(28(40)24(4)8-20-36)16-14-31(12-10-29)27(39)23(3)7-19-35/h21-24,33-36H,5-20H2,1-4H3. The highest BCUT2D eigenvalue weighted by atomic mass is 16.3. The van der Waals surface area contributed by atoms with E-state index >= 15 is 0 Å². The van der Waals surface area contributed by atoms with Crippen molar-refractivity contribution >= 4 is 23.6 Å². The molecule has 1 fully saturated rings. The molecule has 1 heterocycles. The van der Waals surface area contributed by atoms with Crippen molar-refractivity contribution in [3.05, 3.63) is 0 Å². The van der Waals surface area contributed by atoms with Crippen LogP contribution in [0.5, 0.6) is 0 Å². The van der Waals surface area contributed by atoms with Gasteiger partial charge in [-0.25, -0.2) is 0 Å². The third kappa shape index (κ3) is 11.3. The summed E-state index contributed by atoms with van der Waals surface area (Å²) in [5, 5.41) is 37.5. The summed E-state index contributed by atoms with van der Waals surface area (Å²) in [7, 11) is 0. The zero-order valence-corrected chi connectivity index (χ0v) is 24.8. The van der Waals surface area contributed by atoms with Crippen LogP contribution in [0.15, 0.2) is 0 Å². The number of amides is 4. The van der Waals surface area contributed by atoms with E-state index in [-0.39, 0.29) is 102 Å². The average molecular weight is 573 g/mol. The number of aliphatic hydroxyl groups excluding tert-OH is 4. The first-order valence-electron chi connectivity index (χ1n) is 14.6. The van der Waals surface area contributed by atoms with Gasteiger partial charge >= 0.3 is 0 Å². The second kappa shape index (κ2) is 19.0. The van der Waals surface area contributed by atoms with Gasteiger partial charge in [0.15, 0.2) is 0 Å². The summed E-state index contributed by atoms with van der Waals surface area (Å²) in [6, 6.07) is 0. The van der Waals surface area contributed by atoms with E-state index in [0.717, 1.165) is 0 Å². The van der Waals surface area contributed by atoms with Crippen LogP contribution in [0.4, 0.5) is 0 Å². The molecule has 12 nitrogen and oxygen atoms in total. The average Bonchev–Trinajstić information content (AvgIpc) is 2.92. The van der Waals surface area contributed by atoms with Crippen LogP contribution in [-0.2, 0) is 19.2 Å². The highest BCUT2D eigenvalue weighted by molar-refractivity contribution is 5.81. The maximum Gasteiger partial charge on any atom is 0.225 e. The minimum atomic E-state index is -0.436. The Balaban J connectivity index is 3.36. The first-order valence-corrected chi connectivity index (χ1v) is 14.6. The van der Waals surface area contributed by atoms with Gasteiger partial charge in [0.2, 0.25) is 23.6 Å². The molecular weight excluding hydrogens is 520 g/mol. The highest BCUT2D eigenvalue weighted by Gasteiger charge is 2.29.